The number of aromatic amines is 1. The third-order valence-electron chi connectivity index (χ3n) is 4.17. The average Bonchev–Trinajstić information content (AvgIpc) is 3.09. The van der Waals surface area contributed by atoms with E-state index >= 15 is 0 Å². The van der Waals surface area contributed by atoms with E-state index < -0.39 is 0 Å². The van der Waals surface area contributed by atoms with Gasteiger partial charge in [0.05, 0.1) is 0 Å². The molecule has 3 rings (SSSR count). The summed E-state index contributed by atoms with van der Waals surface area (Å²) >= 11 is 0. The first-order valence-electron chi connectivity index (χ1n) is 7.17. The summed E-state index contributed by atoms with van der Waals surface area (Å²) < 4.78 is 0. The van der Waals surface area contributed by atoms with E-state index in [1.54, 1.807) is 0 Å². The van der Waals surface area contributed by atoms with Crippen molar-refractivity contribution in [2.24, 2.45) is 0 Å². The lowest BCUT2D eigenvalue weighted by atomic mass is 10.1. The van der Waals surface area contributed by atoms with Crippen LogP contribution >= 0.6 is 0 Å². The van der Waals surface area contributed by atoms with E-state index in [0.29, 0.717) is 6.04 Å². The van der Waals surface area contributed by atoms with Crippen LogP contribution in [0, 0.1) is 0 Å². The molecule has 1 aromatic carbocycles. The molecule has 0 saturated heterocycles. The number of rotatable bonds is 3. The normalized spacial score (nSPS) is 16.1. The van der Waals surface area contributed by atoms with E-state index in [-0.39, 0.29) is 5.91 Å². The summed E-state index contributed by atoms with van der Waals surface area (Å²) in [7, 11) is 0. The molecule has 1 fully saturated rings. The zero-order valence-corrected chi connectivity index (χ0v) is 11.4. The lowest BCUT2D eigenvalue weighted by molar-refractivity contribution is 0.0694. The van der Waals surface area contributed by atoms with Crippen LogP contribution in [0.15, 0.2) is 30.5 Å². The maximum absolute atomic E-state index is 12.6. The third kappa shape index (κ3) is 2.25. The van der Waals surface area contributed by atoms with Crippen molar-refractivity contribution in [2.45, 2.75) is 38.6 Å². The molecule has 1 heterocycles. The van der Waals surface area contributed by atoms with Gasteiger partial charge in [-0.3, -0.25) is 4.79 Å². The monoisotopic (exact) mass is 256 g/mol. The van der Waals surface area contributed by atoms with E-state index in [1.165, 1.54) is 12.8 Å². The molecular weight excluding hydrogens is 236 g/mol. The van der Waals surface area contributed by atoms with E-state index in [1.807, 2.05) is 35.4 Å². The number of aromatic nitrogens is 1. The van der Waals surface area contributed by atoms with Gasteiger partial charge < -0.3 is 9.88 Å². The second-order valence-corrected chi connectivity index (χ2v) is 5.31. The number of fused-ring (bicyclic) bond motifs is 1. The summed E-state index contributed by atoms with van der Waals surface area (Å²) in [6.45, 7) is 2.87. The van der Waals surface area contributed by atoms with E-state index in [4.69, 9.17) is 0 Å². The average molecular weight is 256 g/mol. The Bertz CT molecular complexity index is 581. The van der Waals surface area contributed by atoms with Crippen molar-refractivity contribution in [3.05, 3.63) is 36.0 Å². The molecule has 1 aliphatic carbocycles. The van der Waals surface area contributed by atoms with Crippen molar-refractivity contribution in [1.29, 1.82) is 0 Å². The van der Waals surface area contributed by atoms with Gasteiger partial charge in [0.1, 0.15) is 0 Å². The van der Waals surface area contributed by atoms with Crippen molar-refractivity contribution in [1.82, 2.24) is 9.88 Å². The number of benzene rings is 1. The Morgan fingerprint density at radius 2 is 2.11 bits per heavy atom. The summed E-state index contributed by atoms with van der Waals surface area (Å²) in [5.41, 5.74) is 1.89. The highest BCUT2D eigenvalue weighted by Gasteiger charge is 2.26. The molecule has 0 bridgehead atoms. The van der Waals surface area contributed by atoms with Crippen LogP contribution in [0.1, 0.15) is 43.0 Å². The summed E-state index contributed by atoms with van der Waals surface area (Å²) in [4.78, 5) is 17.8. The first kappa shape index (κ1) is 12.3. The number of nitrogens with one attached hydrogen (secondary N) is 1. The minimum atomic E-state index is 0.178. The van der Waals surface area contributed by atoms with Crippen LogP contribution in [0.3, 0.4) is 0 Å². The van der Waals surface area contributed by atoms with Gasteiger partial charge in [0.25, 0.3) is 5.91 Å². The van der Waals surface area contributed by atoms with Crippen molar-refractivity contribution < 1.29 is 4.79 Å². The summed E-state index contributed by atoms with van der Waals surface area (Å²) in [5.74, 6) is 0.178. The van der Waals surface area contributed by atoms with Crippen LogP contribution in [0.5, 0.6) is 0 Å². The number of amides is 1. The Morgan fingerprint density at radius 1 is 1.32 bits per heavy atom. The van der Waals surface area contributed by atoms with Gasteiger partial charge in [0.2, 0.25) is 0 Å². The fraction of sp³-hybridized carbons (Fsp3) is 0.438. The summed E-state index contributed by atoms with van der Waals surface area (Å²) in [6.07, 6.45) is 6.74. The first-order valence-corrected chi connectivity index (χ1v) is 7.17. The Labute approximate surface area is 113 Å². The SMILES string of the molecule is CCN(C(=O)c1ccc2[nH]ccc2c1)C1CCCC1. The van der Waals surface area contributed by atoms with Gasteiger partial charge in [-0.15, -0.1) is 0 Å². The van der Waals surface area contributed by atoms with Crippen molar-refractivity contribution >= 4 is 16.8 Å². The van der Waals surface area contributed by atoms with Crippen LogP contribution < -0.4 is 0 Å². The lowest BCUT2D eigenvalue weighted by Crippen LogP contribution is -2.38. The Balaban J connectivity index is 1.88. The van der Waals surface area contributed by atoms with Crippen LogP contribution in [0.2, 0.25) is 0 Å². The molecule has 0 spiro atoms. The molecule has 1 aliphatic rings. The van der Waals surface area contributed by atoms with Gasteiger partial charge in [-0.1, -0.05) is 12.8 Å². The number of hydrogen-bond donors (Lipinski definition) is 1. The largest absolute Gasteiger partial charge is 0.361 e. The third-order valence-corrected chi connectivity index (χ3v) is 4.17. The predicted molar refractivity (Wildman–Crippen MR) is 77.3 cm³/mol. The molecule has 3 nitrogen and oxygen atoms in total. The van der Waals surface area contributed by atoms with Crippen LogP contribution in [-0.2, 0) is 0 Å². The van der Waals surface area contributed by atoms with E-state index in [2.05, 4.69) is 11.9 Å². The Morgan fingerprint density at radius 3 is 2.84 bits per heavy atom. The van der Waals surface area contributed by atoms with Crippen molar-refractivity contribution in [3.8, 4) is 0 Å². The molecule has 2 aromatic rings. The molecule has 100 valence electrons. The fourth-order valence-electron chi connectivity index (χ4n) is 3.14. The quantitative estimate of drug-likeness (QED) is 0.895. The summed E-state index contributed by atoms with van der Waals surface area (Å²) in [5, 5.41) is 1.10. The summed E-state index contributed by atoms with van der Waals surface area (Å²) in [6, 6.07) is 8.37. The maximum Gasteiger partial charge on any atom is 0.254 e. The molecule has 1 aromatic heterocycles. The number of carbonyl (C=O) groups excluding carboxylic acids is 1. The Kier molecular flexibility index (Phi) is 3.28. The standard InChI is InChI=1S/C16H20N2O/c1-2-18(14-5-3-4-6-14)16(19)13-7-8-15-12(11-13)9-10-17-15/h7-11,14,17H,2-6H2,1H3. The van der Waals surface area contributed by atoms with Gasteiger partial charge in [-0.2, -0.15) is 0 Å². The molecule has 19 heavy (non-hydrogen) atoms. The second-order valence-electron chi connectivity index (χ2n) is 5.31. The highest BCUT2D eigenvalue weighted by atomic mass is 16.2. The van der Waals surface area contributed by atoms with E-state index in [0.717, 1.165) is 35.9 Å². The van der Waals surface area contributed by atoms with Crippen LogP contribution in [-0.4, -0.2) is 28.4 Å². The Hall–Kier alpha value is -1.77. The van der Waals surface area contributed by atoms with Crippen LogP contribution in [0.25, 0.3) is 10.9 Å². The first-order chi connectivity index (χ1) is 9.29. The zero-order chi connectivity index (χ0) is 13.2. The maximum atomic E-state index is 12.6. The molecule has 1 amide bonds. The minimum absolute atomic E-state index is 0.178. The number of carbonyl (C=O) groups is 1. The number of hydrogen-bond acceptors (Lipinski definition) is 1. The fourth-order valence-corrected chi connectivity index (χ4v) is 3.14. The molecule has 0 unspecified atom stereocenters. The lowest BCUT2D eigenvalue weighted by Gasteiger charge is -2.27. The van der Waals surface area contributed by atoms with Gasteiger partial charge in [0.15, 0.2) is 0 Å². The number of H-pyrrole nitrogens is 1. The van der Waals surface area contributed by atoms with Crippen molar-refractivity contribution in [3.63, 3.8) is 0 Å². The molecule has 0 aliphatic heterocycles. The van der Waals surface area contributed by atoms with Gasteiger partial charge in [-0.25, -0.2) is 0 Å². The molecule has 3 heteroatoms. The van der Waals surface area contributed by atoms with Crippen LogP contribution in [0.4, 0.5) is 0 Å². The van der Waals surface area contributed by atoms with Gasteiger partial charge >= 0.3 is 0 Å². The van der Waals surface area contributed by atoms with Crippen molar-refractivity contribution in [2.75, 3.05) is 6.54 Å². The van der Waals surface area contributed by atoms with Gasteiger partial charge in [0, 0.05) is 35.2 Å². The predicted octanol–water partition coefficient (Wildman–Crippen LogP) is 3.57. The highest BCUT2D eigenvalue weighted by molar-refractivity contribution is 5.98. The topological polar surface area (TPSA) is 36.1 Å². The molecule has 0 radical (unpaired) electrons. The minimum Gasteiger partial charge on any atom is -0.361 e. The number of nitrogens with zero attached hydrogens (tertiary/aromatic N) is 1. The molecule has 1 saturated carbocycles. The highest BCUT2D eigenvalue weighted by Crippen LogP contribution is 2.25. The molecule has 0 atom stereocenters. The van der Waals surface area contributed by atoms with Gasteiger partial charge in [-0.05, 0) is 44.0 Å². The smallest absolute Gasteiger partial charge is 0.254 e. The second kappa shape index (κ2) is 5.08. The molecular formula is C16H20N2O. The van der Waals surface area contributed by atoms with E-state index in [9.17, 15) is 4.79 Å². The zero-order valence-electron chi connectivity index (χ0n) is 11.4. The molecule has 1 N–H and O–H groups in total.